The fraction of sp³-hybridized carbons (Fsp3) is 0.600. The fourth-order valence-electron chi connectivity index (χ4n) is 2.95. The Morgan fingerprint density at radius 2 is 2.14 bits per heavy atom. The number of aryl methyl sites for hydroxylation is 1. The summed E-state index contributed by atoms with van der Waals surface area (Å²) in [4.78, 5) is 0. The predicted molar refractivity (Wildman–Crippen MR) is 79.7 cm³/mol. The number of hydrogen-bond donors (Lipinski definition) is 2. The van der Waals surface area contributed by atoms with Crippen LogP contribution in [0.2, 0.25) is 0 Å². The molecule has 0 heterocycles. The Balaban J connectivity index is 2.04. The summed E-state index contributed by atoms with van der Waals surface area (Å²) < 4.78 is 40.8. The van der Waals surface area contributed by atoms with Gasteiger partial charge >= 0.3 is 0 Å². The van der Waals surface area contributed by atoms with Gasteiger partial charge in [0.2, 0.25) is 10.0 Å². The molecule has 6 heteroatoms. The van der Waals surface area contributed by atoms with Crippen LogP contribution in [0.15, 0.2) is 18.2 Å². The molecule has 1 aliphatic rings. The second-order valence-corrected chi connectivity index (χ2v) is 7.54. The van der Waals surface area contributed by atoms with E-state index in [0.717, 1.165) is 24.8 Å². The molecule has 0 aliphatic heterocycles. The van der Waals surface area contributed by atoms with Crippen molar-refractivity contribution in [3.05, 3.63) is 35.1 Å². The molecule has 0 saturated heterocycles. The van der Waals surface area contributed by atoms with Crippen LogP contribution in [0.25, 0.3) is 0 Å². The van der Waals surface area contributed by atoms with Gasteiger partial charge in [-0.1, -0.05) is 18.6 Å². The van der Waals surface area contributed by atoms with E-state index in [4.69, 9.17) is 5.11 Å². The molecular weight excluding hydrogens is 293 g/mol. The molecule has 118 valence electrons. The second-order valence-electron chi connectivity index (χ2n) is 5.78. The van der Waals surface area contributed by atoms with E-state index < -0.39 is 15.8 Å². The molecule has 0 aromatic heterocycles. The standard InChI is InChI=1S/C15H22FNO3S/c1-11-5-6-13(14(16)9-11)10-21(19,20)17-15-4-2-3-12(15)7-8-18/h5-6,9,12,15,17-18H,2-4,7-8,10H2,1H3/t12-,15-/m1/s1. The molecule has 21 heavy (non-hydrogen) atoms. The van der Waals surface area contributed by atoms with E-state index in [-0.39, 0.29) is 29.9 Å². The zero-order valence-electron chi connectivity index (χ0n) is 12.2. The number of aliphatic hydroxyl groups excluding tert-OH is 1. The van der Waals surface area contributed by atoms with Crippen LogP contribution in [0.4, 0.5) is 4.39 Å². The molecule has 0 spiro atoms. The Kier molecular flexibility index (Phi) is 5.35. The Hall–Kier alpha value is -0.980. The Morgan fingerprint density at radius 3 is 2.81 bits per heavy atom. The third-order valence-corrected chi connectivity index (χ3v) is 5.40. The van der Waals surface area contributed by atoms with Crippen molar-refractivity contribution in [1.82, 2.24) is 4.72 Å². The number of sulfonamides is 1. The summed E-state index contributed by atoms with van der Waals surface area (Å²) in [5.74, 6) is -0.659. The molecule has 4 nitrogen and oxygen atoms in total. The van der Waals surface area contributed by atoms with Crippen LogP contribution < -0.4 is 4.72 Å². The van der Waals surface area contributed by atoms with E-state index in [1.807, 2.05) is 0 Å². The smallest absolute Gasteiger partial charge is 0.216 e. The lowest BCUT2D eigenvalue weighted by Crippen LogP contribution is -2.38. The van der Waals surface area contributed by atoms with Gasteiger partial charge in [0, 0.05) is 18.2 Å². The summed E-state index contributed by atoms with van der Waals surface area (Å²) in [6.07, 6.45) is 3.26. The maximum absolute atomic E-state index is 13.8. The number of hydrogen-bond acceptors (Lipinski definition) is 3. The van der Waals surface area contributed by atoms with Crippen LogP contribution >= 0.6 is 0 Å². The fourth-order valence-corrected chi connectivity index (χ4v) is 4.45. The van der Waals surface area contributed by atoms with Crippen molar-refractivity contribution in [3.63, 3.8) is 0 Å². The molecule has 2 rings (SSSR count). The van der Waals surface area contributed by atoms with Crippen molar-refractivity contribution < 1.29 is 17.9 Å². The van der Waals surface area contributed by atoms with Gasteiger partial charge in [-0.15, -0.1) is 0 Å². The molecule has 1 aromatic carbocycles. The lowest BCUT2D eigenvalue weighted by Gasteiger charge is -2.20. The van der Waals surface area contributed by atoms with E-state index in [1.54, 1.807) is 13.0 Å². The molecule has 2 atom stereocenters. The summed E-state index contributed by atoms with van der Waals surface area (Å²) in [6.45, 7) is 1.83. The van der Waals surface area contributed by atoms with Gasteiger partial charge in [-0.3, -0.25) is 0 Å². The summed E-state index contributed by atoms with van der Waals surface area (Å²) in [5, 5.41) is 9.01. The molecular formula is C15H22FNO3S. The van der Waals surface area contributed by atoms with Crippen molar-refractivity contribution in [1.29, 1.82) is 0 Å². The average Bonchev–Trinajstić information content (AvgIpc) is 2.80. The Morgan fingerprint density at radius 1 is 1.38 bits per heavy atom. The van der Waals surface area contributed by atoms with Crippen LogP contribution in [-0.2, 0) is 15.8 Å². The number of nitrogens with one attached hydrogen (secondary N) is 1. The highest BCUT2D eigenvalue weighted by atomic mass is 32.2. The highest BCUT2D eigenvalue weighted by Crippen LogP contribution is 2.29. The number of rotatable bonds is 6. The summed E-state index contributed by atoms with van der Waals surface area (Å²) in [7, 11) is -3.58. The topological polar surface area (TPSA) is 66.4 Å². The van der Waals surface area contributed by atoms with E-state index in [2.05, 4.69) is 4.72 Å². The van der Waals surface area contributed by atoms with Crippen molar-refractivity contribution in [3.8, 4) is 0 Å². The van der Waals surface area contributed by atoms with E-state index in [9.17, 15) is 12.8 Å². The first-order valence-corrected chi connectivity index (χ1v) is 8.92. The summed E-state index contributed by atoms with van der Waals surface area (Å²) >= 11 is 0. The first-order valence-electron chi connectivity index (χ1n) is 7.27. The molecule has 0 radical (unpaired) electrons. The minimum absolute atomic E-state index is 0.0650. The Bertz CT molecular complexity index is 589. The van der Waals surface area contributed by atoms with Crippen LogP contribution in [0.3, 0.4) is 0 Å². The van der Waals surface area contributed by atoms with Crippen molar-refractivity contribution in [2.75, 3.05) is 6.61 Å². The maximum atomic E-state index is 13.8. The highest BCUT2D eigenvalue weighted by molar-refractivity contribution is 7.88. The lowest BCUT2D eigenvalue weighted by atomic mass is 10.0. The van der Waals surface area contributed by atoms with Gasteiger partial charge in [-0.25, -0.2) is 17.5 Å². The summed E-state index contributed by atoms with van der Waals surface area (Å²) in [5.41, 5.74) is 0.949. The zero-order valence-corrected chi connectivity index (χ0v) is 13.0. The molecule has 0 unspecified atom stereocenters. The van der Waals surface area contributed by atoms with Gasteiger partial charge in [0.05, 0.1) is 5.75 Å². The molecule has 1 fully saturated rings. The normalized spacial score (nSPS) is 22.6. The van der Waals surface area contributed by atoms with Crippen molar-refractivity contribution in [2.24, 2.45) is 5.92 Å². The quantitative estimate of drug-likeness (QED) is 0.845. The largest absolute Gasteiger partial charge is 0.396 e. The SMILES string of the molecule is Cc1ccc(CS(=O)(=O)N[C@@H]2CCC[C@@H]2CCO)c(F)c1. The van der Waals surface area contributed by atoms with Gasteiger partial charge in [0.25, 0.3) is 0 Å². The second kappa shape index (κ2) is 6.85. The van der Waals surface area contributed by atoms with Gasteiger partial charge in [0.15, 0.2) is 0 Å². The van der Waals surface area contributed by atoms with E-state index in [1.165, 1.54) is 12.1 Å². The third-order valence-electron chi connectivity index (χ3n) is 4.04. The number of aliphatic hydroxyl groups is 1. The van der Waals surface area contributed by atoms with E-state index in [0.29, 0.717) is 6.42 Å². The third kappa shape index (κ3) is 4.49. The minimum Gasteiger partial charge on any atom is -0.396 e. The number of halogens is 1. The van der Waals surface area contributed by atoms with Crippen LogP contribution in [0.1, 0.15) is 36.8 Å². The zero-order chi connectivity index (χ0) is 15.5. The van der Waals surface area contributed by atoms with Gasteiger partial charge < -0.3 is 5.11 Å². The first kappa shape index (κ1) is 16.4. The molecule has 1 aromatic rings. The van der Waals surface area contributed by atoms with Gasteiger partial charge in [-0.2, -0.15) is 0 Å². The first-order chi connectivity index (χ1) is 9.91. The molecule has 1 aliphatic carbocycles. The van der Waals surface area contributed by atoms with Crippen LogP contribution in [0, 0.1) is 18.7 Å². The van der Waals surface area contributed by atoms with Gasteiger partial charge in [-0.05, 0) is 43.7 Å². The van der Waals surface area contributed by atoms with Gasteiger partial charge in [0.1, 0.15) is 5.82 Å². The van der Waals surface area contributed by atoms with Crippen molar-refractivity contribution >= 4 is 10.0 Å². The molecule has 2 N–H and O–H groups in total. The molecule has 1 saturated carbocycles. The average molecular weight is 315 g/mol. The molecule has 0 bridgehead atoms. The monoisotopic (exact) mass is 315 g/mol. The number of benzene rings is 1. The predicted octanol–water partition coefficient (Wildman–Crippen LogP) is 2.10. The van der Waals surface area contributed by atoms with E-state index >= 15 is 0 Å². The summed E-state index contributed by atoms with van der Waals surface area (Å²) in [6, 6.07) is 4.42. The lowest BCUT2D eigenvalue weighted by molar-refractivity contribution is 0.248. The maximum Gasteiger partial charge on any atom is 0.216 e. The van der Waals surface area contributed by atoms with Crippen LogP contribution in [-0.4, -0.2) is 26.2 Å². The van der Waals surface area contributed by atoms with Crippen LogP contribution in [0.5, 0.6) is 0 Å². The Labute approximate surface area is 125 Å². The van der Waals surface area contributed by atoms with Crippen molar-refractivity contribution in [2.45, 2.75) is 44.4 Å². The highest BCUT2D eigenvalue weighted by Gasteiger charge is 2.30. The minimum atomic E-state index is -3.58. The molecule has 0 amide bonds.